The molecule has 0 aliphatic carbocycles. The van der Waals surface area contributed by atoms with Crippen molar-refractivity contribution in [1.82, 2.24) is 15.1 Å². The van der Waals surface area contributed by atoms with Gasteiger partial charge in [-0.15, -0.1) is 0 Å². The number of amides is 1. The van der Waals surface area contributed by atoms with E-state index in [9.17, 15) is 9.59 Å². The summed E-state index contributed by atoms with van der Waals surface area (Å²) in [6, 6.07) is 10.3. The molecule has 1 aromatic rings. The number of hydrogen-bond donors (Lipinski definition) is 1. The van der Waals surface area contributed by atoms with Gasteiger partial charge in [-0.1, -0.05) is 18.2 Å². The molecule has 2 rings (SSSR count). The van der Waals surface area contributed by atoms with E-state index >= 15 is 0 Å². The molecular weight excluding hydrogens is 394 g/mol. The molecule has 1 saturated heterocycles. The largest absolute Gasteiger partial charge is 0.466 e. The molecule has 1 fully saturated rings. The van der Waals surface area contributed by atoms with E-state index in [1.54, 1.807) is 19.0 Å². The third-order valence-electron chi connectivity index (χ3n) is 5.43. The van der Waals surface area contributed by atoms with E-state index in [1.807, 2.05) is 25.1 Å². The third-order valence-corrected chi connectivity index (χ3v) is 5.43. The second kappa shape index (κ2) is 12.8. The first kappa shape index (κ1) is 24.5. The summed E-state index contributed by atoms with van der Waals surface area (Å²) in [6.45, 7) is 5.45. The normalized spacial score (nSPS) is 14.8. The lowest BCUT2D eigenvalue weighted by atomic mass is 9.97. The molecule has 0 unspecified atom stereocenters. The Morgan fingerprint density at radius 1 is 1.16 bits per heavy atom. The second-order valence-corrected chi connectivity index (χ2v) is 7.98. The molecule has 0 aromatic heterocycles. The lowest BCUT2D eigenvalue weighted by Crippen LogP contribution is -2.47. The maximum Gasteiger partial charge on any atom is 0.309 e. The molecule has 1 N–H and O–H groups in total. The highest BCUT2D eigenvalue weighted by molar-refractivity contribution is 5.85. The first-order chi connectivity index (χ1) is 14.9. The predicted molar refractivity (Wildman–Crippen MR) is 124 cm³/mol. The standard InChI is InChI=1S/C23H37N5O3/c1-5-31-22(30)19-12-16-28(17-13-19)23(25-18-21(29)26(2)3)24-14-9-15-27(4)20-10-7-6-8-11-20/h6-8,10-11,19H,5,9,12-18H2,1-4H3,(H,24,25). The number of ether oxygens (including phenoxy) is 1. The second-order valence-electron chi connectivity index (χ2n) is 7.98. The summed E-state index contributed by atoms with van der Waals surface area (Å²) in [4.78, 5) is 34.5. The van der Waals surface area contributed by atoms with Crippen molar-refractivity contribution < 1.29 is 14.3 Å². The van der Waals surface area contributed by atoms with Gasteiger partial charge in [-0.25, -0.2) is 4.99 Å². The number of anilines is 1. The summed E-state index contributed by atoms with van der Waals surface area (Å²) in [5.74, 6) is 0.533. The van der Waals surface area contributed by atoms with Crippen LogP contribution in [0.5, 0.6) is 0 Å². The molecule has 1 heterocycles. The number of piperidine rings is 1. The Hall–Kier alpha value is -2.77. The van der Waals surface area contributed by atoms with E-state index in [-0.39, 0.29) is 24.3 Å². The molecule has 1 aliphatic heterocycles. The number of nitrogens with one attached hydrogen (secondary N) is 1. The van der Waals surface area contributed by atoms with Crippen molar-refractivity contribution >= 4 is 23.5 Å². The fourth-order valence-electron chi connectivity index (χ4n) is 3.47. The number of rotatable bonds is 9. The van der Waals surface area contributed by atoms with E-state index in [0.717, 1.165) is 51.4 Å². The van der Waals surface area contributed by atoms with Crippen molar-refractivity contribution in [2.45, 2.75) is 26.2 Å². The molecule has 172 valence electrons. The zero-order chi connectivity index (χ0) is 22.6. The van der Waals surface area contributed by atoms with Crippen molar-refractivity contribution in [2.24, 2.45) is 10.9 Å². The molecule has 1 aromatic carbocycles. The van der Waals surface area contributed by atoms with Crippen LogP contribution in [0.15, 0.2) is 35.3 Å². The molecule has 1 amide bonds. The fraction of sp³-hybridized carbons (Fsp3) is 0.609. The summed E-state index contributed by atoms with van der Waals surface area (Å²) < 4.78 is 5.16. The maximum absolute atomic E-state index is 12.0. The lowest BCUT2D eigenvalue weighted by Gasteiger charge is -2.33. The Bertz CT molecular complexity index is 715. The van der Waals surface area contributed by atoms with Gasteiger partial charge in [0.15, 0.2) is 5.96 Å². The Balaban J connectivity index is 1.89. The van der Waals surface area contributed by atoms with Crippen LogP contribution in [0.2, 0.25) is 0 Å². The number of carbonyl (C=O) groups excluding carboxylic acids is 2. The Labute approximate surface area is 186 Å². The number of benzene rings is 1. The molecule has 0 saturated carbocycles. The fourth-order valence-corrected chi connectivity index (χ4v) is 3.47. The van der Waals surface area contributed by atoms with Crippen molar-refractivity contribution in [3.05, 3.63) is 30.3 Å². The van der Waals surface area contributed by atoms with Crippen LogP contribution in [0.25, 0.3) is 0 Å². The average molecular weight is 432 g/mol. The molecule has 0 radical (unpaired) electrons. The van der Waals surface area contributed by atoms with Gasteiger partial charge >= 0.3 is 5.97 Å². The van der Waals surface area contributed by atoms with Crippen LogP contribution in [-0.4, -0.2) is 88.1 Å². The Kier molecular flexibility index (Phi) is 10.1. The van der Waals surface area contributed by atoms with Crippen molar-refractivity contribution in [3.63, 3.8) is 0 Å². The van der Waals surface area contributed by atoms with Gasteiger partial charge in [0.05, 0.1) is 12.5 Å². The average Bonchev–Trinajstić information content (AvgIpc) is 2.79. The SMILES string of the molecule is CCOC(=O)C1CCN(C(=NCC(=O)N(C)C)NCCCN(C)c2ccccc2)CC1. The van der Waals surface area contributed by atoms with Crippen LogP contribution in [-0.2, 0) is 14.3 Å². The quantitative estimate of drug-likeness (QED) is 0.278. The minimum atomic E-state index is -0.111. The third kappa shape index (κ3) is 8.11. The number of nitrogens with zero attached hydrogens (tertiary/aromatic N) is 4. The summed E-state index contributed by atoms with van der Waals surface area (Å²) >= 11 is 0. The maximum atomic E-state index is 12.0. The number of esters is 1. The van der Waals surface area contributed by atoms with Crippen molar-refractivity contribution in [2.75, 3.05) is 65.4 Å². The Morgan fingerprint density at radius 2 is 1.84 bits per heavy atom. The highest BCUT2D eigenvalue weighted by Crippen LogP contribution is 2.19. The molecular formula is C23H37N5O3. The molecule has 0 bridgehead atoms. The van der Waals surface area contributed by atoms with Gasteiger partial charge in [0.25, 0.3) is 0 Å². The van der Waals surface area contributed by atoms with E-state index in [2.05, 4.69) is 39.3 Å². The molecule has 8 heteroatoms. The van der Waals surface area contributed by atoms with E-state index in [1.165, 1.54) is 5.69 Å². The van der Waals surface area contributed by atoms with E-state index in [4.69, 9.17) is 4.74 Å². The van der Waals surface area contributed by atoms with Gasteiger partial charge in [0.1, 0.15) is 6.54 Å². The molecule has 0 atom stereocenters. The van der Waals surface area contributed by atoms with Crippen LogP contribution in [0.4, 0.5) is 5.69 Å². The predicted octanol–water partition coefficient (Wildman–Crippen LogP) is 1.82. The number of carbonyl (C=O) groups is 2. The number of hydrogen-bond acceptors (Lipinski definition) is 5. The number of guanidine groups is 1. The van der Waals surface area contributed by atoms with Crippen molar-refractivity contribution in [1.29, 1.82) is 0 Å². The van der Waals surface area contributed by atoms with Crippen LogP contribution in [0.1, 0.15) is 26.2 Å². The van der Waals surface area contributed by atoms with Crippen LogP contribution in [0.3, 0.4) is 0 Å². The molecule has 31 heavy (non-hydrogen) atoms. The monoisotopic (exact) mass is 431 g/mol. The summed E-state index contributed by atoms with van der Waals surface area (Å²) in [6.07, 6.45) is 2.40. The molecule has 1 aliphatic rings. The summed E-state index contributed by atoms with van der Waals surface area (Å²) in [5, 5.41) is 3.42. The van der Waals surface area contributed by atoms with Gasteiger partial charge < -0.3 is 24.8 Å². The van der Waals surface area contributed by atoms with Crippen molar-refractivity contribution in [3.8, 4) is 0 Å². The zero-order valence-electron chi connectivity index (χ0n) is 19.3. The minimum Gasteiger partial charge on any atom is -0.466 e. The first-order valence-electron chi connectivity index (χ1n) is 11.1. The van der Waals surface area contributed by atoms with Crippen LogP contribution >= 0.6 is 0 Å². The van der Waals surface area contributed by atoms with Gasteiger partial charge in [-0.3, -0.25) is 9.59 Å². The number of para-hydroxylation sites is 1. The van der Waals surface area contributed by atoms with Gasteiger partial charge in [0.2, 0.25) is 5.91 Å². The summed E-state index contributed by atoms with van der Waals surface area (Å²) in [7, 11) is 5.55. The van der Waals surface area contributed by atoms with E-state index < -0.39 is 0 Å². The number of likely N-dealkylation sites (tertiary alicyclic amines) is 1. The first-order valence-corrected chi connectivity index (χ1v) is 11.1. The highest BCUT2D eigenvalue weighted by atomic mass is 16.5. The van der Waals surface area contributed by atoms with Gasteiger partial charge in [0, 0.05) is 53.0 Å². The molecule has 0 spiro atoms. The highest BCUT2D eigenvalue weighted by Gasteiger charge is 2.27. The van der Waals surface area contributed by atoms with E-state index in [0.29, 0.717) is 6.61 Å². The smallest absolute Gasteiger partial charge is 0.309 e. The Morgan fingerprint density at radius 3 is 2.45 bits per heavy atom. The zero-order valence-corrected chi connectivity index (χ0v) is 19.3. The number of aliphatic imine (C=N–C) groups is 1. The van der Waals surface area contributed by atoms with Gasteiger partial charge in [-0.2, -0.15) is 0 Å². The minimum absolute atomic E-state index is 0.0375. The van der Waals surface area contributed by atoms with Gasteiger partial charge in [-0.05, 0) is 38.3 Å². The topological polar surface area (TPSA) is 77.5 Å². The van der Waals surface area contributed by atoms with Crippen LogP contribution in [0, 0.1) is 5.92 Å². The lowest BCUT2D eigenvalue weighted by molar-refractivity contribution is -0.149. The number of likely N-dealkylation sites (N-methyl/N-ethyl adjacent to an activating group) is 1. The van der Waals surface area contributed by atoms with Crippen LogP contribution < -0.4 is 10.2 Å². The summed E-state index contributed by atoms with van der Waals surface area (Å²) in [5.41, 5.74) is 1.19. The molecule has 8 nitrogen and oxygen atoms in total.